The molecule has 0 radical (unpaired) electrons. The molecule has 0 fully saturated rings. The van der Waals surface area contributed by atoms with Crippen molar-refractivity contribution in [3.63, 3.8) is 0 Å². The van der Waals surface area contributed by atoms with Gasteiger partial charge in [-0.1, -0.05) is 20.8 Å². The van der Waals surface area contributed by atoms with Gasteiger partial charge in [-0.25, -0.2) is 4.98 Å². The van der Waals surface area contributed by atoms with Crippen molar-refractivity contribution in [3.8, 4) is 0 Å². The van der Waals surface area contributed by atoms with E-state index in [1.807, 2.05) is 17.8 Å². The van der Waals surface area contributed by atoms with Crippen LogP contribution in [0.2, 0.25) is 0 Å². The molecular formula is C11H18N2O. The van der Waals surface area contributed by atoms with E-state index < -0.39 is 0 Å². The molecule has 1 aromatic rings. The van der Waals surface area contributed by atoms with Crippen molar-refractivity contribution >= 4 is 5.78 Å². The third-order valence-corrected chi connectivity index (χ3v) is 2.03. The predicted octanol–water partition coefficient (Wildman–Crippen LogP) is 1.85. The third-order valence-electron chi connectivity index (χ3n) is 2.03. The van der Waals surface area contributed by atoms with E-state index in [4.69, 9.17) is 0 Å². The number of aromatic nitrogens is 2. The largest absolute Gasteiger partial charge is 0.337 e. The monoisotopic (exact) mass is 194 g/mol. The van der Waals surface area contributed by atoms with Gasteiger partial charge in [-0.2, -0.15) is 0 Å². The van der Waals surface area contributed by atoms with Crippen LogP contribution in [0, 0.1) is 0 Å². The molecule has 0 aliphatic rings. The Hall–Kier alpha value is -1.12. The van der Waals surface area contributed by atoms with Gasteiger partial charge in [-0.3, -0.25) is 4.79 Å². The Kier molecular flexibility index (Phi) is 2.79. The summed E-state index contributed by atoms with van der Waals surface area (Å²) in [7, 11) is 1.97. The number of carbonyl (C=O) groups is 1. The molecule has 0 aliphatic carbocycles. The van der Waals surface area contributed by atoms with E-state index in [-0.39, 0.29) is 11.2 Å². The average molecular weight is 194 g/mol. The molecule has 1 rings (SSSR count). The minimum Gasteiger partial charge on any atom is -0.337 e. The zero-order valence-electron chi connectivity index (χ0n) is 9.59. The van der Waals surface area contributed by atoms with E-state index >= 15 is 0 Å². The van der Waals surface area contributed by atoms with E-state index in [2.05, 4.69) is 25.8 Å². The zero-order valence-corrected chi connectivity index (χ0v) is 9.59. The minimum absolute atomic E-state index is 0.0315. The number of ketones is 1. The highest BCUT2D eigenvalue weighted by molar-refractivity contribution is 5.77. The Bertz CT molecular complexity index is 345. The maximum absolute atomic E-state index is 10.9. The average Bonchev–Trinajstić information content (AvgIpc) is 2.27. The van der Waals surface area contributed by atoms with Crippen LogP contribution in [0.4, 0.5) is 0 Å². The van der Waals surface area contributed by atoms with Gasteiger partial charge in [0.2, 0.25) is 0 Å². The number of carbonyl (C=O) groups excluding carboxylic acids is 1. The van der Waals surface area contributed by atoms with Gasteiger partial charge in [0.15, 0.2) is 0 Å². The van der Waals surface area contributed by atoms with E-state index in [1.54, 1.807) is 6.92 Å². The minimum atomic E-state index is 0.0315. The molecule has 0 saturated heterocycles. The van der Waals surface area contributed by atoms with Crippen molar-refractivity contribution in [1.82, 2.24) is 9.55 Å². The van der Waals surface area contributed by atoms with E-state index in [9.17, 15) is 4.79 Å². The summed E-state index contributed by atoms with van der Waals surface area (Å²) < 4.78 is 2.00. The van der Waals surface area contributed by atoms with Gasteiger partial charge in [-0.05, 0) is 6.92 Å². The first kappa shape index (κ1) is 11.0. The Labute approximate surface area is 85.2 Å². The Balaban J connectivity index is 2.99. The topological polar surface area (TPSA) is 34.9 Å². The molecule has 0 aliphatic heterocycles. The van der Waals surface area contributed by atoms with Crippen LogP contribution in [0.1, 0.15) is 39.2 Å². The van der Waals surface area contributed by atoms with Crippen LogP contribution in [0.3, 0.4) is 0 Å². The van der Waals surface area contributed by atoms with Crippen molar-refractivity contribution in [2.75, 3.05) is 0 Å². The molecule has 3 nitrogen and oxygen atoms in total. The Morgan fingerprint density at radius 3 is 2.43 bits per heavy atom. The Morgan fingerprint density at radius 2 is 2.07 bits per heavy atom. The van der Waals surface area contributed by atoms with Crippen LogP contribution in [0.5, 0.6) is 0 Å². The smallest absolute Gasteiger partial charge is 0.135 e. The molecule has 0 unspecified atom stereocenters. The number of hydrogen-bond acceptors (Lipinski definition) is 2. The summed E-state index contributed by atoms with van der Waals surface area (Å²) in [5.74, 6) is 1.18. The summed E-state index contributed by atoms with van der Waals surface area (Å²) in [6.07, 6.45) is 2.37. The fraction of sp³-hybridized carbons (Fsp3) is 0.636. The fourth-order valence-electron chi connectivity index (χ4n) is 1.57. The Morgan fingerprint density at radius 1 is 1.50 bits per heavy atom. The molecule has 14 heavy (non-hydrogen) atoms. The summed E-state index contributed by atoms with van der Waals surface area (Å²) in [5.41, 5.74) is 0.897. The lowest BCUT2D eigenvalue weighted by Gasteiger charge is -2.17. The van der Waals surface area contributed by atoms with Gasteiger partial charge < -0.3 is 4.57 Å². The van der Waals surface area contributed by atoms with Crippen LogP contribution in [-0.4, -0.2) is 15.3 Å². The maximum atomic E-state index is 10.9. The number of hydrogen-bond donors (Lipinski definition) is 0. The van der Waals surface area contributed by atoms with Crippen LogP contribution >= 0.6 is 0 Å². The van der Waals surface area contributed by atoms with Crippen molar-refractivity contribution in [2.45, 2.75) is 39.5 Å². The van der Waals surface area contributed by atoms with Crippen LogP contribution in [0.15, 0.2) is 6.20 Å². The van der Waals surface area contributed by atoms with Gasteiger partial charge in [-0.15, -0.1) is 0 Å². The highest BCUT2D eigenvalue weighted by Crippen LogP contribution is 2.20. The van der Waals surface area contributed by atoms with Crippen LogP contribution in [-0.2, 0) is 23.7 Å². The molecule has 1 heterocycles. The lowest BCUT2D eigenvalue weighted by molar-refractivity contribution is -0.116. The van der Waals surface area contributed by atoms with Crippen molar-refractivity contribution in [1.29, 1.82) is 0 Å². The number of nitrogens with zero attached hydrogens (tertiary/aromatic N) is 2. The summed E-state index contributed by atoms with van der Waals surface area (Å²) in [4.78, 5) is 15.4. The predicted molar refractivity (Wildman–Crippen MR) is 56.3 cm³/mol. The molecule has 0 atom stereocenters. The first-order valence-electron chi connectivity index (χ1n) is 4.83. The normalized spacial score (nSPS) is 11.8. The highest BCUT2D eigenvalue weighted by atomic mass is 16.1. The second-order valence-electron chi connectivity index (χ2n) is 4.80. The summed E-state index contributed by atoms with van der Waals surface area (Å²) in [5, 5.41) is 0. The quantitative estimate of drug-likeness (QED) is 0.720. The molecule has 3 heteroatoms. The SMILES string of the molecule is CC(=O)Cc1cn(C)c(C(C)(C)C)n1. The van der Waals surface area contributed by atoms with Gasteiger partial charge in [0.05, 0.1) is 5.69 Å². The molecule has 0 spiro atoms. The van der Waals surface area contributed by atoms with E-state index in [0.717, 1.165) is 11.5 Å². The van der Waals surface area contributed by atoms with E-state index in [1.165, 1.54) is 0 Å². The lowest BCUT2D eigenvalue weighted by atomic mass is 9.96. The number of rotatable bonds is 2. The molecule has 1 aromatic heterocycles. The van der Waals surface area contributed by atoms with Crippen molar-refractivity contribution < 1.29 is 4.79 Å². The number of Topliss-reactive ketones (excluding diaryl/α,β-unsaturated/α-hetero) is 1. The zero-order chi connectivity index (χ0) is 10.9. The third kappa shape index (κ3) is 2.44. The fourth-order valence-corrected chi connectivity index (χ4v) is 1.57. The number of imidazole rings is 1. The van der Waals surface area contributed by atoms with Crippen LogP contribution < -0.4 is 0 Å². The molecular weight excluding hydrogens is 176 g/mol. The van der Waals surface area contributed by atoms with Gasteiger partial charge in [0.1, 0.15) is 11.6 Å². The van der Waals surface area contributed by atoms with E-state index in [0.29, 0.717) is 6.42 Å². The van der Waals surface area contributed by atoms with Gasteiger partial charge >= 0.3 is 0 Å². The second-order valence-corrected chi connectivity index (χ2v) is 4.80. The number of aryl methyl sites for hydroxylation is 1. The second kappa shape index (κ2) is 3.56. The molecule has 78 valence electrons. The summed E-state index contributed by atoms with van der Waals surface area (Å²) in [6.45, 7) is 7.94. The summed E-state index contributed by atoms with van der Waals surface area (Å²) in [6, 6.07) is 0. The summed E-state index contributed by atoms with van der Waals surface area (Å²) >= 11 is 0. The highest BCUT2D eigenvalue weighted by Gasteiger charge is 2.20. The first-order valence-corrected chi connectivity index (χ1v) is 4.83. The van der Waals surface area contributed by atoms with Crippen molar-refractivity contribution in [2.24, 2.45) is 7.05 Å². The standard InChI is InChI=1S/C11H18N2O/c1-8(14)6-9-7-13(5)10(12-9)11(2,3)4/h7H,6H2,1-5H3. The molecule has 0 N–H and O–H groups in total. The van der Waals surface area contributed by atoms with Gasteiger partial charge in [0.25, 0.3) is 0 Å². The first-order chi connectivity index (χ1) is 6.30. The van der Waals surface area contributed by atoms with Gasteiger partial charge in [0, 0.05) is 25.1 Å². The molecule has 0 amide bonds. The molecule has 0 bridgehead atoms. The van der Waals surface area contributed by atoms with Crippen LogP contribution in [0.25, 0.3) is 0 Å². The van der Waals surface area contributed by atoms with Crippen molar-refractivity contribution in [3.05, 3.63) is 17.7 Å². The lowest BCUT2D eigenvalue weighted by Crippen LogP contribution is -2.17. The maximum Gasteiger partial charge on any atom is 0.135 e. The molecule has 0 saturated carbocycles. The molecule has 0 aromatic carbocycles.